The lowest BCUT2D eigenvalue weighted by molar-refractivity contribution is -0.146. The lowest BCUT2D eigenvalue weighted by Gasteiger charge is -2.29. The van der Waals surface area contributed by atoms with E-state index in [1.54, 1.807) is 18.7 Å². The molecule has 4 atom stereocenters. The van der Waals surface area contributed by atoms with Crippen LogP contribution in [0.5, 0.6) is 0 Å². The van der Waals surface area contributed by atoms with E-state index < -0.39 is 36.3 Å². The number of benzene rings is 2. The summed E-state index contributed by atoms with van der Waals surface area (Å²) in [7, 11) is 1.28. The molecule has 0 saturated carbocycles. The minimum absolute atomic E-state index is 0.129. The monoisotopic (exact) mass is 770 g/mol. The number of aromatic nitrogens is 3. The van der Waals surface area contributed by atoms with Gasteiger partial charge >= 0.3 is 12.2 Å². The summed E-state index contributed by atoms with van der Waals surface area (Å²) in [5.41, 5.74) is 9.54. The van der Waals surface area contributed by atoms with Crippen LogP contribution in [0.3, 0.4) is 0 Å². The van der Waals surface area contributed by atoms with Crippen molar-refractivity contribution in [1.82, 2.24) is 29.7 Å². The highest BCUT2D eigenvalue weighted by Crippen LogP contribution is 2.36. The molecule has 2 aliphatic heterocycles. The van der Waals surface area contributed by atoms with Gasteiger partial charge in [0, 0.05) is 53.4 Å². The number of imidazole rings is 1. The maximum absolute atomic E-state index is 13.7. The Labute approximate surface area is 326 Å². The molecule has 0 aliphatic carbocycles. The van der Waals surface area contributed by atoms with Gasteiger partial charge in [0.2, 0.25) is 11.8 Å². The number of aryl methyl sites for hydroxylation is 1. The van der Waals surface area contributed by atoms with Crippen molar-refractivity contribution in [1.29, 1.82) is 0 Å². The highest BCUT2D eigenvalue weighted by Gasteiger charge is 2.40. The molecule has 0 bridgehead atoms. The molecule has 56 heavy (non-hydrogen) atoms. The zero-order valence-electron chi connectivity index (χ0n) is 33.1. The predicted molar refractivity (Wildman–Crippen MR) is 212 cm³/mol. The van der Waals surface area contributed by atoms with Crippen molar-refractivity contribution in [2.75, 3.05) is 25.5 Å². The first-order valence-corrected chi connectivity index (χ1v) is 19.7. The number of nitrogens with zero attached hydrogens (tertiary/aromatic N) is 4. The number of rotatable bonds is 13. The number of nitrogens with two attached hydrogens (primary N) is 1. The summed E-state index contributed by atoms with van der Waals surface area (Å²) in [5.74, 6) is -0.625. The van der Waals surface area contributed by atoms with Gasteiger partial charge in [-0.2, -0.15) is 0 Å². The van der Waals surface area contributed by atoms with E-state index in [0.29, 0.717) is 37.4 Å². The molecule has 2 aromatic carbocycles. The second kappa shape index (κ2) is 17.0. The number of primary amides is 1. The lowest BCUT2D eigenvalue weighted by Crippen LogP contribution is -2.51. The third kappa shape index (κ3) is 8.17. The van der Waals surface area contributed by atoms with E-state index in [-0.39, 0.29) is 29.7 Å². The first-order valence-electron chi connectivity index (χ1n) is 19.7. The number of unbranched alkanes of at least 4 members (excludes halogenated alkanes) is 1. The molecule has 0 radical (unpaired) electrons. The molecule has 2 fully saturated rings. The van der Waals surface area contributed by atoms with Gasteiger partial charge in [-0.05, 0) is 62.1 Å². The van der Waals surface area contributed by atoms with Crippen molar-refractivity contribution >= 4 is 57.4 Å². The maximum Gasteiger partial charge on any atom is 0.407 e. The SMILES string of the molecule is CCCCn1c2cc(NC(=O)[C@@H]3CCCN3C(=O)C(OC(N)=O)C(C)C)ccc2c2ccc(-c3c[nH]c([C@@H]4CCCN4C(=O)C(NC(=O)OC)C(C)C)n3)cc21. The zero-order valence-corrected chi connectivity index (χ0v) is 33.1. The molecular formula is C41H54N8O7. The minimum atomic E-state index is -1.06. The number of alkyl carbamates (subject to hydrolysis) is 1. The second-order valence-electron chi connectivity index (χ2n) is 15.5. The van der Waals surface area contributed by atoms with Crippen LogP contribution in [0, 0.1) is 11.8 Å². The van der Waals surface area contributed by atoms with Crippen LogP contribution in [0.4, 0.5) is 15.3 Å². The zero-order chi connectivity index (χ0) is 40.3. The predicted octanol–water partition coefficient (Wildman–Crippen LogP) is 6.08. The van der Waals surface area contributed by atoms with Crippen LogP contribution in [-0.4, -0.2) is 92.6 Å². The van der Waals surface area contributed by atoms with E-state index in [2.05, 4.69) is 39.2 Å². The van der Waals surface area contributed by atoms with Crippen LogP contribution in [0.2, 0.25) is 0 Å². The second-order valence-corrected chi connectivity index (χ2v) is 15.5. The average molecular weight is 771 g/mol. The van der Waals surface area contributed by atoms with E-state index in [1.807, 2.05) is 44.3 Å². The standard InChI is InChI=1S/C41H54N8O7/c1-7-8-17-47-32-20-25(29-22-43-36(45-29)30-11-9-18-48(30)38(51)34(23(2)3)46-41(54)55-6)13-15-27(32)28-16-14-26(21-33(28)47)44-37(50)31-12-10-19-49(31)39(52)35(24(4)5)56-40(42)53/h13-16,20-24,30-31,34-35H,7-12,17-19H2,1-6H3,(H2,42,53)(H,43,45)(H,44,50)(H,46,54)/t30-,31-,34?,35?/m0/s1. The molecule has 15 nitrogen and oxygen atoms in total. The van der Waals surface area contributed by atoms with Gasteiger partial charge in [-0.3, -0.25) is 14.4 Å². The molecule has 0 spiro atoms. The molecule has 4 heterocycles. The normalized spacial score (nSPS) is 18.1. The highest BCUT2D eigenvalue weighted by molar-refractivity contribution is 6.10. The Morgan fingerprint density at radius 1 is 0.929 bits per heavy atom. The van der Waals surface area contributed by atoms with Crippen LogP contribution < -0.4 is 16.4 Å². The van der Waals surface area contributed by atoms with Gasteiger partial charge in [-0.1, -0.05) is 59.2 Å². The van der Waals surface area contributed by atoms with Crippen LogP contribution >= 0.6 is 0 Å². The van der Waals surface area contributed by atoms with Gasteiger partial charge in [0.15, 0.2) is 6.10 Å². The summed E-state index contributed by atoms with van der Waals surface area (Å²) in [5, 5.41) is 7.87. The molecule has 2 saturated heterocycles. The largest absolute Gasteiger partial charge is 0.453 e. The van der Waals surface area contributed by atoms with Crippen LogP contribution in [-0.2, 0) is 30.4 Å². The molecule has 300 valence electrons. The fraction of sp³-hybridized carbons (Fsp3) is 0.512. The van der Waals surface area contributed by atoms with Gasteiger partial charge in [0.05, 0.1) is 24.4 Å². The van der Waals surface area contributed by atoms with Crippen LogP contribution in [0.25, 0.3) is 33.1 Å². The molecule has 15 heteroatoms. The number of carbonyl (C=O) groups excluding carboxylic acids is 5. The number of amides is 5. The van der Waals surface area contributed by atoms with Crippen molar-refractivity contribution in [3.63, 3.8) is 0 Å². The quantitative estimate of drug-likeness (QED) is 0.126. The number of ether oxygens (including phenoxy) is 2. The van der Waals surface area contributed by atoms with Gasteiger partial charge in [0.25, 0.3) is 5.91 Å². The van der Waals surface area contributed by atoms with Crippen molar-refractivity contribution < 1.29 is 33.4 Å². The van der Waals surface area contributed by atoms with Gasteiger partial charge in [0.1, 0.15) is 17.9 Å². The minimum Gasteiger partial charge on any atom is -0.453 e. The van der Waals surface area contributed by atoms with E-state index in [4.69, 9.17) is 20.2 Å². The first-order chi connectivity index (χ1) is 26.8. The molecule has 2 aliphatic rings. The Morgan fingerprint density at radius 2 is 1.62 bits per heavy atom. The third-order valence-corrected chi connectivity index (χ3v) is 10.9. The summed E-state index contributed by atoms with van der Waals surface area (Å²) in [6, 6.07) is 10.5. The van der Waals surface area contributed by atoms with Crippen LogP contribution in [0.1, 0.15) is 85.0 Å². The Bertz CT molecular complexity index is 2110. The van der Waals surface area contributed by atoms with Gasteiger partial charge in [-0.15, -0.1) is 0 Å². The van der Waals surface area contributed by atoms with E-state index in [9.17, 15) is 24.0 Å². The fourth-order valence-electron chi connectivity index (χ4n) is 8.03. The van der Waals surface area contributed by atoms with Crippen molar-refractivity contribution in [3.8, 4) is 11.3 Å². The smallest absolute Gasteiger partial charge is 0.407 e. The summed E-state index contributed by atoms with van der Waals surface area (Å²) < 4.78 is 12.2. The molecule has 4 aromatic rings. The molecular weight excluding hydrogens is 716 g/mol. The number of methoxy groups -OCH3 is 1. The average Bonchev–Trinajstić information content (AvgIpc) is 4.00. The number of nitrogens with one attached hydrogen (secondary N) is 3. The van der Waals surface area contributed by atoms with E-state index in [1.165, 1.54) is 12.0 Å². The third-order valence-electron chi connectivity index (χ3n) is 10.9. The number of aromatic amines is 1. The summed E-state index contributed by atoms with van der Waals surface area (Å²) in [4.78, 5) is 75.9. The molecule has 2 aromatic heterocycles. The number of hydrogen-bond acceptors (Lipinski definition) is 8. The Kier molecular flexibility index (Phi) is 12.2. The Hall–Kier alpha value is -5.60. The molecule has 6 rings (SSSR count). The molecule has 5 N–H and O–H groups in total. The van der Waals surface area contributed by atoms with Gasteiger partial charge < -0.3 is 45.2 Å². The first kappa shape index (κ1) is 40.1. The number of H-pyrrole nitrogens is 1. The van der Waals surface area contributed by atoms with E-state index in [0.717, 1.165) is 65.3 Å². The summed E-state index contributed by atoms with van der Waals surface area (Å²) >= 11 is 0. The summed E-state index contributed by atoms with van der Waals surface area (Å²) in [6.07, 6.45) is 3.80. The molecule has 5 amide bonds. The van der Waals surface area contributed by atoms with Crippen molar-refractivity contribution in [2.24, 2.45) is 17.6 Å². The fourth-order valence-corrected chi connectivity index (χ4v) is 8.03. The van der Waals surface area contributed by atoms with Crippen molar-refractivity contribution in [3.05, 3.63) is 48.4 Å². The molecule has 2 unspecified atom stereocenters. The highest BCUT2D eigenvalue weighted by atomic mass is 16.6. The summed E-state index contributed by atoms with van der Waals surface area (Å²) in [6.45, 7) is 11.2. The number of fused-ring (bicyclic) bond motifs is 3. The van der Waals surface area contributed by atoms with E-state index >= 15 is 0 Å². The number of anilines is 1. The lowest BCUT2D eigenvalue weighted by atomic mass is 10.0. The number of likely N-dealkylation sites (tertiary alicyclic amines) is 2. The number of hydrogen-bond donors (Lipinski definition) is 4. The van der Waals surface area contributed by atoms with Crippen molar-refractivity contribution in [2.45, 2.75) is 104 Å². The maximum atomic E-state index is 13.7. The van der Waals surface area contributed by atoms with Crippen LogP contribution in [0.15, 0.2) is 42.6 Å². The topological polar surface area (TPSA) is 194 Å². The van der Waals surface area contributed by atoms with Gasteiger partial charge in [-0.25, -0.2) is 14.6 Å². The Balaban J connectivity index is 1.26. The number of carbonyl (C=O) groups is 5. The Morgan fingerprint density at radius 3 is 2.30 bits per heavy atom.